The molecular weight excluding hydrogens is 335 g/mol. The molecule has 0 unspecified atom stereocenters. The van der Waals surface area contributed by atoms with Gasteiger partial charge in [0.15, 0.2) is 0 Å². The van der Waals surface area contributed by atoms with E-state index in [0.717, 1.165) is 12.6 Å². The summed E-state index contributed by atoms with van der Waals surface area (Å²) in [5.74, 6) is -0.276. The topological polar surface area (TPSA) is 61.4 Å². The lowest BCUT2D eigenvalue weighted by molar-refractivity contribution is -0.137. The van der Waals surface area contributed by atoms with E-state index in [1.807, 2.05) is 0 Å². The first-order valence-electron chi connectivity index (χ1n) is 8.25. The normalized spacial score (nSPS) is 14.2. The van der Waals surface area contributed by atoms with Gasteiger partial charge in [-0.2, -0.15) is 13.2 Å². The summed E-state index contributed by atoms with van der Waals surface area (Å²) in [6, 6.07) is 4.76. The van der Waals surface area contributed by atoms with Crippen LogP contribution in [0.15, 0.2) is 24.3 Å². The van der Waals surface area contributed by atoms with Crippen molar-refractivity contribution >= 4 is 17.5 Å². The van der Waals surface area contributed by atoms with E-state index in [1.54, 1.807) is 6.92 Å². The molecule has 25 heavy (non-hydrogen) atoms. The predicted octanol–water partition coefficient (Wildman–Crippen LogP) is 2.49. The minimum absolute atomic E-state index is 0.122. The number of hydrogen-bond acceptors (Lipinski definition) is 3. The van der Waals surface area contributed by atoms with Crippen molar-refractivity contribution in [2.75, 3.05) is 31.5 Å². The Morgan fingerprint density at radius 1 is 1.24 bits per heavy atom. The van der Waals surface area contributed by atoms with Gasteiger partial charge in [0.2, 0.25) is 11.8 Å². The highest BCUT2D eigenvalue weighted by atomic mass is 19.4. The van der Waals surface area contributed by atoms with E-state index < -0.39 is 17.6 Å². The maximum atomic E-state index is 12.9. The van der Waals surface area contributed by atoms with Crippen LogP contribution in [0.4, 0.5) is 18.9 Å². The maximum Gasteiger partial charge on any atom is 0.418 e. The van der Waals surface area contributed by atoms with Crippen LogP contribution in [0.5, 0.6) is 0 Å². The number of para-hydroxylation sites is 1. The van der Waals surface area contributed by atoms with Crippen molar-refractivity contribution in [3.8, 4) is 0 Å². The first-order chi connectivity index (χ1) is 11.8. The third-order valence-electron chi connectivity index (χ3n) is 3.98. The number of benzene rings is 1. The molecule has 1 fully saturated rings. The molecule has 1 aliphatic carbocycles. The highest BCUT2D eigenvalue weighted by molar-refractivity contribution is 5.95. The molecule has 0 heterocycles. The van der Waals surface area contributed by atoms with E-state index in [0.29, 0.717) is 12.5 Å². The van der Waals surface area contributed by atoms with E-state index in [2.05, 4.69) is 10.6 Å². The number of nitrogens with one attached hydrogen (secondary N) is 2. The molecule has 138 valence electrons. The molecule has 0 spiro atoms. The van der Waals surface area contributed by atoms with Crippen LogP contribution >= 0.6 is 0 Å². The summed E-state index contributed by atoms with van der Waals surface area (Å²) in [7, 11) is 0. The van der Waals surface area contributed by atoms with Gasteiger partial charge >= 0.3 is 6.18 Å². The van der Waals surface area contributed by atoms with Gasteiger partial charge in [-0.05, 0) is 44.4 Å². The van der Waals surface area contributed by atoms with Gasteiger partial charge < -0.3 is 15.5 Å². The molecule has 0 radical (unpaired) electrons. The van der Waals surface area contributed by atoms with Crippen LogP contribution in [0.2, 0.25) is 0 Å². The van der Waals surface area contributed by atoms with Crippen LogP contribution in [0.1, 0.15) is 25.3 Å². The van der Waals surface area contributed by atoms with Crippen LogP contribution in [0.25, 0.3) is 0 Å². The van der Waals surface area contributed by atoms with Crippen molar-refractivity contribution in [2.24, 2.45) is 5.92 Å². The minimum Gasteiger partial charge on any atom is -0.333 e. The molecule has 8 heteroatoms. The molecule has 0 atom stereocenters. The molecule has 2 rings (SSSR count). The lowest BCUT2D eigenvalue weighted by Gasteiger charge is -2.21. The Hall–Kier alpha value is -2.09. The third kappa shape index (κ3) is 6.04. The van der Waals surface area contributed by atoms with Gasteiger partial charge in [-0.3, -0.25) is 9.59 Å². The summed E-state index contributed by atoms with van der Waals surface area (Å²) in [4.78, 5) is 25.5. The van der Waals surface area contributed by atoms with E-state index in [1.165, 1.54) is 35.9 Å². The van der Waals surface area contributed by atoms with Crippen LogP contribution in [0.3, 0.4) is 0 Å². The molecule has 0 bridgehead atoms. The summed E-state index contributed by atoms with van der Waals surface area (Å²) in [5.41, 5.74) is -1.22. The second-order valence-corrected chi connectivity index (χ2v) is 6.07. The van der Waals surface area contributed by atoms with Crippen LogP contribution in [-0.2, 0) is 15.8 Å². The summed E-state index contributed by atoms with van der Waals surface area (Å²) in [6.07, 6.45) is -2.23. The number of hydrogen-bond donors (Lipinski definition) is 2. The summed E-state index contributed by atoms with van der Waals surface area (Å²) < 4.78 is 38.8. The van der Waals surface area contributed by atoms with Gasteiger partial charge in [-0.25, -0.2) is 0 Å². The van der Waals surface area contributed by atoms with Gasteiger partial charge in [0.05, 0.1) is 24.3 Å². The van der Waals surface area contributed by atoms with E-state index >= 15 is 0 Å². The van der Waals surface area contributed by atoms with Crippen molar-refractivity contribution in [3.63, 3.8) is 0 Å². The number of carbonyl (C=O) groups excluding carboxylic acids is 2. The average Bonchev–Trinajstić information content (AvgIpc) is 3.36. The monoisotopic (exact) mass is 357 g/mol. The fourth-order valence-corrected chi connectivity index (χ4v) is 2.40. The summed E-state index contributed by atoms with van der Waals surface area (Å²) >= 11 is 0. The van der Waals surface area contributed by atoms with Crippen molar-refractivity contribution in [2.45, 2.75) is 25.9 Å². The van der Waals surface area contributed by atoms with Crippen LogP contribution in [0, 0.1) is 5.92 Å². The highest BCUT2D eigenvalue weighted by Gasteiger charge is 2.33. The van der Waals surface area contributed by atoms with Crippen molar-refractivity contribution in [1.82, 2.24) is 10.2 Å². The Labute approximate surface area is 144 Å². The Balaban J connectivity index is 1.90. The van der Waals surface area contributed by atoms with Crippen LogP contribution < -0.4 is 10.6 Å². The zero-order chi connectivity index (χ0) is 18.4. The molecule has 2 N–H and O–H groups in total. The number of alkyl halides is 3. The number of halogens is 3. The summed E-state index contributed by atoms with van der Waals surface area (Å²) in [6.45, 7) is 2.63. The molecule has 1 aromatic carbocycles. The lowest BCUT2D eigenvalue weighted by Crippen LogP contribution is -2.42. The number of amides is 2. The number of carbonyl (C=O) groups is 2. The largest absolute Gasteiger partial charge is 0.418 e. The number of nitrogens with zero attached hydrogens (tertiary/aromatic N) is 1. The zero-order valence-electron chi connectivity index (χ0n) is 14.0. The first-order valence-corrected chi connectivity index (χ1v) is 8.25. The maximum absolute atomic E-state index is 12.9. The Morgan fingerprint density at radius 2 is 1.92 bits per heavy atom. The minimum atomic E-state index is -4.56. The predicted molar refractivity (Wildman–Crippen MR) is 87.9 cm³/mol. The smallest absolute Gasteiger partial charge is 0.333 e. The van der Waals surface area contributed by atoms with E-state index in [4.69, 9.17) is 0 Å². The molecule has 2 amide bonds. The Bertz CT molecular complexity index is 615. The molecule has 0 aromatic heterocycles. The SMILES string of the molecule is CCN(CC(=O)Nc1ccccc1C(F)(F)F)C(=O)CNCC1CC1. The number of anilines is 1. The fraction of sp³-hybridized carbons (Fsp3) is 0.529. The molecular formula is C17H22F3N3O2. The fourth-order valence-electron chi connectivity index (χ4n) is 2.40. The summed E-state index contributed by atoms with van der Waals surface area (Å²) in [5, 5.41) is 5.29. The zero-order valence-corrected chi connectivity index (χ0v) is 14.0. The third-order valence-corrected chi connectivity index (χ3v) is 3.98. The standard InChI is InChI=1S/C17H22F3N3O2/c1-2-23(16(25)10-21-9-12-7-8-12)11-15(24)22-14-6-4-3-5-13(14)17(18,19)20/h3-6,12,21H,2,7-11H2,1H3,(H,22,24). The molecule has 1 saturated carbocycles. The second-order valence-electron chi connectivity index (χ2n) is 6.07. The number of rotatable bonds is 8. The van der Waals surface area contributed by atoms with Gasteiger partial charge in [0.1, 0.15) is 0 Å². The van der Waals surface area contributed by atoms with Crippen LogP contribution in [-0.4, -0.2) is 42.9 Å². The van der Waals surface area contributed by atoms with Crippen molar-refractivity contribution in [1.29, 1.82) is 0 Å². The number of likely N-dealkylation sites (N-methyl/N-ethyl adjacent to an activating group) is 1. The highest BCUT2D eigenvalue weighted by Crippen LogP contribution is 2.34. The average molecular weight is 357 g/mol. The first kappa shape index (κ1) is 19.2. The lowest BCUT2D eigenvalue weighted by atomic mass is 10.1. The van der Waals surface area contributed by atoms with Gasteiger partial charge in [-0.1, -0.05) is 12.1 Å². The van der Waals surface area contributed by atoms with Gasteiger partial charge in [0.25, 0.3) is 0 Å². The van der Waals surface area contributed by atoms with E-state index in [-0.39, 0.29) is 24.7 Å². The van der Waals surface area contributed by atoms with Gasteiger partial charge in [0, 0.05) is 6.54 Å². The van der Waals surface area contributed by atoms with Crippen molar-refractivity contribution in [3.05, 3.63) is 29.8 Å². The quantitative estimate of drug-likeness (QED) is 0.751. The molecule has 5 nitrogen and oxygen atoms in total. The molecule has 1 aliphatic rings. The molecule has 0 saturated heterocycles. The van der Waals surface area contributed by atoms with Gasteiger partial charge in [-0.15, -0.1) is 0 Å². The molecule has 1 aromatic rings. The second kappa shape index (κ2) is 8.33. The van der Waals surface area contributed by atoms with E-state index in [9.17, 15) is 22.8 Å². The molecule has 0 aliphatic heterocycles. The Kier molecular flexibility index (Phi) is 6.41. The Morgan fingerprint density at radius 3 is 2.52 bits per heavy atom. The van der Waals surface area contributed by atoms with Crippen molar-refractivity contribution < 1.29 is 22.8 Å².